The number of aromatic nitrogens is 1. The van der Waals surface area contributed by atoms with E-state index in [0.717, 1.165) is 25.7 Å². The Hall–Kier alpha value is -2.16. The molecule has 0 saturated heterocycles. The number of hydrogen-bond acceptors (Lipinski definition) is 3. The standard InChI is InChI=1S/C29H37NO2.C2H6/c1-27(2,3)26(31)32-21-12-14-28(4)20(17-21)8-9-22-24-11-10-23(19-7-6-16-30-18-19)29(24,5)15-13-25(22)28;1-2/h6-8,10-11,16,18,21-22,25H,9,12-15,17H2,1-5H3;1-2H3/t21?,22?,25-,28?,29?;/m0./s1. The Bertz CT molecular complexity index is 1010. The maximum atomic E-state index is 12.4. The second-order valence-electron chi connectivity index (χ2n) is 11.9. The minimum atomic E-state index is -0.436. The summed E-state index contributed by atoms with van der Waals surface area (Å²) in [6.45, 7) is 14.8. The van der Waals surface area contributed by atoms with Crippen molar-refractivity contribution in [1.29, 1.82) is 0 Å². The first-order chi connectivity index (χ1) is 16.1. The Kier molecular flexibility index (Phi) is 6.70. The zero-order valence-electron chi connectivity index (χ0n) is 22.3. The third-order valence-electron chi connectivity index (χ3n) is 8.96. The van der Waals surface area contributed by atoms with E-state index in [1.807, 2.05) is 53.1 Å². The molecule has 4 aliphatic carbocycles. The molecular formula is C31H43NO2. The van der Waals surface area contributed by atoms with Crippen molar-refractivity contribution in [3.8, 4) is 0 Å². The van der Waals surface area contributed by atoms with Gasteiger partial charge in [-0.05, 0) is 87.3 Å². The van der Waals surface area contributed by atoms with Crippen LogP contribution in [0, 0.1) is 28.1 Å². The summed E-state index contributed by atoms with van der Waals surface area (Å²) in [5.74, 6) is 1.23. The predicted molar refractivity (Wildman–Crippen MR) is 140 cm³/mol. The number of rotatable bonds is 2. The Morgan fingerprint density at radius 3 is 2.56 bits per heavy atom. The number of allylic oxidation sites excluding steroid dienone is 5. The Morgan fingerprint density at radius 1 is 1.12 bits per heavy atom. The summed E-state index contributed by atoms with van der Waals surface area (Å²) < 4.78 is 5.93. The van der Waals surface area contributed by atoms with Crippen LogP contribution in [0.2, 0.25) is 0 Å². The highest BCUT2D eigenvalue weighted by molar-refractivity contribution is 5.78. The van der Waals surface area contributed by atoms with Gasteiger partial charge < -0.3 is 4.74 Å². The van der Waals surface area contributed by atoms with Crippen LogP contribution in [0.5, 0.6) is 0 Å². The topological polar surface area (TPSA) is 39.2 Å². The lowest BCUT2D eigenvalue weighted by Crippen LogP contribution is -2.47. The molecule has 2 fully saturated rings. The molecule has 0 spiro atoms. The SMILES string of the molecule is CC.CC(C)(C)C(=O)OC1CCC2(C)C(=CCC3C4=CC=C(c5cccnc5)C4(C)CC[C@@H]32)C1. The molecule has 0 radical (unpaired) electrons. The largest absolute Gasteiger partial charge is 0.462 e. The number of pyridine rings is 1. The van der Waals surface area contributed by atoms with Crippen molar-refractivity contribution < 1.29 is 9.53 Å². The summed E-state index contributed by atoms with van der Waals surface area (Å²) in [5, 5.41) is 0. The molecule has 0 aliphatic heterocycles. The molecule has 184 valence electrons. The summed E-state index contributed by atoms with van der Waals surface area (Å²) in [4.78, 5) is 16.8. The minimum absolute atomic E-state index is 0.0380. The van der Waals surface area contributed by atoms with Crippen molar-refractivity contribution in [3.05, 3.63) is 59.5 Å². The van der Waals surface area contributed by atoms with Crippen LogP contribution in [-0.4, -0.2) is 17.1 Å². The number of esters is 1. The summed E-state index contributed by atoms with van der Waals surface area (Å²) >= 11 is 0. The molecule has 4 aliphatic rings. The number of carbonyl (C=O) groups excluding carboxylic acids is 1. The zero-order chi connectivity index (χ0) is 24.7. The molecule has 5 rings (SSSR count). The van der Waals surface area contributed by atoms with E-state index in [4.69, 9.17) is 4.74 Å². The van der Waals surface area contributed by atoms with E-state index in [1.165, 1.54) is 24.0 Å². The van der Waals surface area contributed by atoms with Crippen LogP contribution in [0.1, 0.15) is 92.6 Å². The Morgan fingerprint density at radius 2 is 1.88 bits per heavy atom. The van der Waals surface area contributed by atoms with E-state index in [0.29, 0.717) is 11.8 Å². The van der Waals surface area contributed by atoms with Crippen molar-refractivity contribution in [1.82, 2.24) is 4.98 Å². The molecule has 3 nitrogen and oxygen atoms in total. The van der Waals surface area contributed by atoms with E-state index in [1.54, 1.807) is 11.1 Å². The molecule has 0 bridgehead atoms. The van der Waals surface area contributed by atoms with Gasteiger partial charge in [-0.2, -0.15) is 0 Å². The smallest absolute Gasteiger partial charge is 0.311 e. The minimum Gasteiger partial charge on any atom is -0.462 e. The van der Waals surface area contributed by atoms with Gasteiger partial charge in [0, 0.05) is 24.2 Å². The number of nitrogens with zero attached hydrogens (tertiary/aromatic N) is 1. The van der Waals surface area contributed by atoms with Crippen LogP contribution in [-0.2, 0) is 9.53 Å². The van der Waals surface area contributed by atoms with Crippen molar-refractivity contribution in [2.75, 3.05) is 0 Å². The molecule has 0 aromatic carbocycles. The summed E-state index contributed by atoms with van der Waals surface area (Å²) in [5.41, 5.74) is 5.80. The van der Waals surface area contributed by atoms with Crippen molar-refractivity contribution in [3.63, 3.8) is 0 Å². The number of fused-ring (bicyclic) bond motifs is 5. The predicted octanol–water partition coefficient (Wildman–Crippen LogP) is 7.94. The zero-order valence-corrected chi connectivity index (χ0v) is 22.3. The van der Waals surface area contributed by atoms with E-state index in [9.17, 15) is 4.79 Å². The lowest BCUT2D eigenvalue weighted by Gasteiger charge is -2.56. The normalized spacial score (nSPS) is 34.2. The van der Waals surface area contributed by atoms with E-state index < -0.39 is 5.41 Å². The van der Waals surface area contributed by atoms with Crippen LogP contribution in [0.4, 0.5) is 0 Å². The highest BCUT2D eigenvalue weighted by Crippen LogP contribution is 2.64. The van der Waals surface area contributed by atoms with Gasteiger partial charge in [0.2, 0.25) is 0 Å². The first-order valence-corrected chi connectivity index (χ1v) is 13.4. The first-order valence-electron chi connectivity index (χ1n) is 13.4. The molecule has 3 heteroatoms. The fourth-order valence-electron chi connectivity index (χ4n) is 7.00. The van der Waals surface area contributed by atoms with Gasteiger partial charge in [-0.3, -0.25) is 9.78 Å². The number of ether oxygens (including phenoxy) is 1. The molecular weight excluding hydrogens is 418 g/mol. The van der Waals surface area contributed by atoms with Crippen LogP contribution in [0.3, 0.4) is 0 Å². The van der Waals surface area contributed by atoms with Crippen molar-refractivity contribution in [2.24, 2.45) is 28.1 Å². The molecule has 0 amide bonds. The van der Waals surface area contributed by atoms with E-state index >= 15 is 0 Å². The molecule has 1 aromatic rings. The van der Waals surface area contributed by atoms with Crippen LogP contribution in [0.25, 0.3) is 5.57 Å². The fourth-order valence-corrected chi connectivity index (χ4v) is 7.00. The van der Waals surface area contributed by atoms with Gasteiger partial charge >= 0.3 is 5.97 Å². The molecule has 5 atom stereocenters. The van der Waals surface area contributed by atoms with Crippen LogP contribution in [0.15, 0.2) is 53.9 Å². The van der Waals surface area contributed by atoms with Gasteiger partial charge in [-0.1, -0.05) is 63.1 Å². The van der Waals surface area contributed by atoms with Gasteiger partial charge in [0.25, 0.3) is 0 Å². The summed E-state index contributed by atoms with van der Waals surface area (Å²) in [6.07, 6.45) is 17.8. The Balaban J connectivity index is 0.00000133. The molecule has 34 heavy (non-hydrogen) atoms. The summed E-state index contributed by atoms with van der Waals surface area (Å²) in [6, 6.07) is 4.25. The third kappa shape index (κ3) is 4.10. The molecule has 1 heterocycles. The van der Waals surface area contributed by atoms with Gasteiger partial charge in [-0.25, -0.2) is 0 Å². The Labute approximate surface area is 206 Å². The summed E-state index contributed by atoms with van der Waals surface area (Å²) in [7, 11) is 0. The van der Waals surface area contributed by atoms with Gasteiger partial charge in [0.1, 0.15) is 6.10 Å². The third-order valence-corrected chi connectivity index (χ3v) is 8.96. The average molecular weight is 462 g/mol. The molecule has 2 saturated carbocycles. The fraction of sp³-hybridized carbons (Fsp3) is 0.613. The van der Waals surface area contributed by atoms with Crippen molar-refractivity contribution >= 4 is 11.5 Å². The highest BCUT2D eigenvalue weighted by Gasteiger charge is 2.54. The molecule has 4 unspecified atom stereocenters. The monoisotopic (exact) mass is 461 g/mol. The van der Waals surface area contributed by atoms with Crippen LogP contribution < -0.4 is 0 Å². The van der Waals surface area contributed by atoms with Crippen LogP contribution >= 0.6 is 0 Å². The van der Waals surface area contributed by atoms with E-state index in [2.05, 4.69) is 43.1 Å². The first kappa shape index (κ1) is 24.9. The molecule has 1 aromatic heterocycles. The lowest BCUT2D eigenvalue weighted by molar-refractivity contribution is -0.160. The molecule has 0 N–H and O–H groups in total. The second kappa shape index (κ2) is 9.13. The average Bonchev–Trinajstić information content (AvgIpc) is 3.18. The van der Waals surface area contributed by atoms with Gasteiger partial charge in [0.15, 0.2) is 0 Å². The van der Waals surface area contributed by atoms with Gasteiger partial charge in [-0.15, -0.1) is 0 Å². The lowest BCUT2D eigenvalue weighted by atomic mass is 9.49. The maximum Gasteiger partial charge on any atom is 0.311 e. The van der Waals surface area contributed by atoms with Crippen molar-refractivity contribution in [2.45, 2.75) is 93.1 Å². The second-order valence-corrected chi connectivity index (χ2v) is 11.9. The van der Waals surface area contributed by atoms with Gasteiger partial charge in [0.05, 0.1) is 5.41 Å². The highest BCUT2D eigenvalue weighted by atomic mass is 16.5. The quantitative estimate of drug-likeness (QED) is 0.331. The van der Waals surface area contributed by atoms with E-state index in [-0.39, 0.29) is 22.9 Å². The number of hydrogen-bond donors (Lipinski definition) is 0. The maximum absolute atomic E-state index is 12.4. The number of carbonyl (C=O) groups is 1.